The van der Waals surface area contributed by atoms with Crippen LogP contribution in [0.15, 0.2) is 0 Å². The molecule has 0 saturated carbocycles. The van der Waals surface area contributed by atoms with Crippen molar-refractivity contribution in [2.45, 2.75) is 0 Å². The van der Waals surface area contributed by atoms with E-state index >= 15 is 0 Å². The molecule has 0 radical (unpaired) electrons. The molecule has 9 heavy (non-hydrogen) atoms. The molecule has 0 bridgehead atoms. The number of rotatable bonds is 4. The molecule has 0 unspecified atom stereocenters. The van der Waals surface area contributed by atoms with Gasteiger partial charge in [-0.2, -0.15) is 0 Å². The summed E-state index contributed by atoms with van der Waals surface area (Å²) in [5.74, 6) is -1.23. The molecule has 0 aliphatic heterocycles. The molecule has 0 saturated heterocycles. The fourth-order valence-electron chi connectivity index (χ4n) is 0.208. The number of carbonyl (C=O) groups excluding carboxylic acids is 1. The van der Waals surface area contributed by atoms with Gasteiger partial charge in [0.05, 0.1) is 12.6 Å². The van der Waals surface area contributed by atoms with Gasteiger partial charge in [-0.05, 0) is 0 Å². The molecule has 4 nitrogen and oxygen atoms in total. The van der Waals surface area contributed by atoms with Gasteiger partial charge in [-0.15, -0.1) is 0 Å². The fourth-order valence-corrected chi connectivity index (χ4v) is 0.208. The Hall–Kier alpha value is 0.390. The summed E-state index contributed by atoms with van der Waals surface area (Å²) in [5.41, 5.74) is 0. The maximum absolute atomic E-state index is 9.58. The first kappa shape index (κ1) is 12.1. The number of aliphatic carboxylic acids is 1. The summed E-state index contributed by atoms with van der Waals surface area (Å²) >= 11 is 0. The maximum Gasteiger partial charge on any atom is 1.00 e. The zero-order valence-electron chi connectivity index (χ0n) is 5.55. The van der Waals surface area contributed by atoms with E-state index in [1.54, 1.807) is 0 Å². The molecule has 0 N–H and O–H groups in total. The molecule has 0 amide bonds. The zero-order chi connectivity index (χ0) is 6.41. The minimum Gasteiger partial charge on any atom is -0.548 e. The van der Waals surface area contributed by atoms with E-state index in [9.17, 15) is 9.90 Å². The largest absolute Gasteiger partial charge is 1.00 e. The first-order valence-corrected chi connectivity index (χ1v) is 2.04. The second-order valence-electron chi connectivity index (χ2n) is 1.13. The summed E-state index contributed by atoms with van der Waals surface area (Å²) in [6.07, 6.45) is 0. The van der Waals surface area contributed by atoms with Crippen LogP contribution in [0, 0.1) is 0 Å². The third kappa shape index (κ3) is 11.8. The second kappa shape index (κ2) is 8.39. The third-order valence-corrected chi connectivity index (χ3v) is 0.421. The molecule has 0 aliphatic rings. The Morgan fingerprint density at radius 2 is 2.22 bits per heavy atom. The van der Waals surface area contributed by atoms with Crippen LogP contribution in [-0.2, 0) is 14.3 Å². The Labute approximate surface area is 75.4 Å². The molecule has 0 aromatic heterocycles. The van der Waals surface area contributed by atoms with Gasteiger partial charge in [0.25, 0.3) is 0 Å². The topological polar surface area (TPSA) is 58.6 Å². The van der Waals surface area contributed by atoms with Crippen molar-refractivity contribution in [3.8, 4) is 0 Å². The van der Waals surface area contributed by atoms with E-state index in [4.69, 9.17) is 0 Å². The van der Waals surface area contributed by atoms with Gasteiger partial charge < -0.3 is 19.4 Å². The summed E-state index contributed by atoms with van der Waals surface area (Å²) < 4.78 is 8.74. The van der Waals surface area contributed by atoms with Gasteiger partial charge in [0, 0.05) is 7.11 Å². The van der Waals surface area contributed by atoms with E-state index in [-0.39, 0.29) is 36.4 Å². The molecule has 0 aromatic rings. The molecule has 0 aromatic carbocycles. The molecule has 0 aliphatic carbocycles. The Morgan fingerprint density at radius 3 is 2.56 bits per heavy atom. The molecule has 0 atom stereocenters. The van der Waals surface area contributed by atoms with Crippen molar-refractivity contribution in [1.29, 1.82) is 0 Å². The Balaban J connectivity index is 0. The Morgan fingerprint density at radius 1 is 1.67 bits per heavy atom. The minimum atomic E-state index is -1.23. The summed E-state index contributed by atoms with van der Waals surface area (Å²) in [6, 6.07) is 0. The van der Waals surface area contributed by atoms with Gasteiger partial charge in [-0.3, -0.25) is 0 Å². The van der Waals surface area contributed by atoms with Crippen molar-refractivity contribution in [1.82, 2.24) is 0 Å². The van der Waals surface area contributed by atoms with Crippen LogP contribution in [0.2, 0.25) is 0 Å². The van der Waals surface area contributed by atoms with Crippen LogP contribution in [0.25, 0.3) is 0 Å². The van der Waals surface area contributed by atoms with E-state index in [1.165, 1.54) is 7.11 Å². The molecule has 0 rings (SSSR count). The minimum absolute atomic E-state index is 0. The standard InChI is InChI=1S/C4H8O4.Na/c1-7-3-8-2-4(5)6;/h2-3H2,1H3,(H,5,6);/q;+1/p-1. The van der Waals surface area contributed by atoms with Crippen molar-refractivity contribution in [2.24, 2.45) is 0 Å². The van der Waals surface area contributed by atoms with Gasteiger partial charge in [0.2, 0.25) is 0 Å². The van der Waals surface area contributed by atoms with Crippen molar-refractivity contribution in [3.63, 3.8) is 0 Å². The van der Waals surface area contributed by atoms with Gasteiger partial charge >= 0.3 is 29.6 Å². The normalized spacial score (nSPS) is 8.11. The number of hydrogen-bond acceptors (Lipinski definition) is 4. The van der Waals surface area contributed by atoms with Crippen LogP contribution in [0.4, 0.5) is 0 Å². The molecule has 0 fully saturated rings. The van der Waals surface area contributed by atoms with E-state index in [2.05, 4.69) is 9.47 Å². The monoisotopic (exact) mass is 142 g/mol. The van der Waals surface area contributed by atoms with Crippen molar-refractivity contribution < 1.29 is 48.9 Å². The van der Waals surface area contributed by atoms with E-state index in [0.29, 0.717) is 0 Å². The van der Waals surface area contributed by atoms with Crippen molar-refractivity contribution >= 4 is 5.97 Å². The zero-order valence-corrected chi connectivity index (χ0v) is 7.55. The molecular weight excluding hydrogens is 135 g/mol. The first-order chi connectivity index (χ1) is 3.77. The maximum atomic E-state index is 9.58. The van der Waals surface area contributed by atoms with Gasteiger partial charge in [0.15, 0.2) is 0 Å². The van der Waals surface area contributed by atoms with Gasteiger partial charge in [-0.1, -0.05) is 0 Å². The predicted molar refractivity (Wildman–Crippen MR) is 22.8 cm³/mol. The van der Waals surface area contributed by atoms with Crippen molar-refractivity contribution in [2.75, 3.05) is 20.5 Å². The second-order valence-corrected chi connectivity index (χ2v) is 1.13. The molecular formula is C4H7NaO4. The fraction of sp³-hybridized carbons (Fsp3) is 0.750. The molecule has 0 heterocycles. The smallest absolute Gasteiger partial charge is 0.548 e. The Kier molecular flexibility index (Phi) is 11.3. The van der Waals surface area contributed by atoms with E-state index in [0.717, 1.165) is 0 Å². The summed E-state index contributed by atoms with van der Waals surface area (Å²) in [5, 5.41) is 9.58. The number of methoxy groups -OCH3 is 1. The SMILES string of the molecule is COCOCC(=O)[O-].[Na+]. The third-order valence-electron chi connectivity index (χ3n) is 0.421. The van der Waals surface area contributed by atoms with Crippen molar-refractivity contribution in [3.05, 3.63) is 0 Å². The van der Waals surface area contributed by atoms with Gasteiger partial charge in [0.1, 0.15) is 6.79 Å². The van der Waals surface area contributed by atoms with Crippen LogP contribution in [0.5, 0.6) is 0 Å². The summed E-state index contributed by atoms with van der Waals surface area (Å²) in [4.78, 5) is 9.58. The Bertz CT molecular complexity index is 75.0. The number of carboxylic acids is 1. The average molecular weight is 142 g/mol. The quantitative estimate of drug-likeness (QED) is 0.225. The summed E-state index contributed by atoms with van der Waals surface area (Å²) in [6.45, 7) is -0.415. The molecule has 5 heteroatoms. The first-order valence-electron chi connectivity index (χ1n) is 2.04. The average Bonchev–Trinajstić information content (AvgIpc) is 1.66. The number of hydrogen-bond donors (Lipinski definition) is 0. The molecule has 48 valence electrons. The summed E-state index contributed by atoms with van der Waals surface area (Å²) in [7, 11) is 1.41. The van der Waals surface area contributed by atoms with Crippen LogP contribution in [0.1, 0.15) is 0 Å². The molecule has 0 spiro atoms. The van der Waals surface area contributed by atoms with Gasteiger partial charge in [-0.25, -0.2) is 0 Å². The van der Waals surface area contributed by atoms with E-state index < -0.39 is 12.6 Å². The number of carboxylic acid groups (broad SMARTS) is 1. The number of carbonyl (C=O) groups is 1. The van der Waals surface area contributed by atoms with Crippen LogP contribution < -0.4 is 34.7 Å². The number of ether oxygens (including phenoxy) is 2. The van der Waals surface area contributed by atoms with Crippen LogP contribution in [-0.4, -0.2) is 26.5 Å². The van der Waals surface area contributed by atoms with E-state index in [1.807, 2.05) is 0 Å². The predicted octanol–water partition coefficient (Wildman–Crippen LogP) is -4.64. The van der Waals surface area contributed by atoms with Crippen LogP contribution >= 0.6 is 0 Å². The van der Waals surface area contributed by atoms with Crippen LogP contribution in [0.3, 0.4) is 0 Å².